The van der Waals surface area contributed by atoms with E-state index >= 15 is 0 Å². The smallest absolute Gasteiger partial charge is 0.336 e. The minimum atomic E-state index is -0.274. The first kappa shape index (κ1) is 23.7. The van der Waals surface area contributed by atoms with Gasteiger partial charge in [0.25, 0.3) is 5.91 Å². The molecule has 1 fully saturated rings. The van der Waals surface area contributed by atoms with Gasteiger partial charge in [0.2, 0.25) is 0 Å². The number of carbonyl (C=O) groups excluding carboxylic acids is 3. The van der Waals surface area contributed by atoms with Crippen molar-refractivity contribution >= 4 is 17.9 Å². The molecule has 9 nitrogen and oxygen atoms in total. The van der Waals surface area contributed by atoms with Gasteiger partial charge in [0.1, 0.15) is 5.69 Å². The second kappa shape index (κ2) is 10.4. The van der Waals surface area contributed by atoms with Crippen LogP contribution in [0.15, 0.2) is 6.07 Å². The van der Waals surface area contributed by atoms with Crippen molar-refractivity contribution < 1.29 is 19.1 Å². The summed E-state index contributed by atoms with van der Waals surface area (Å²) < 4.78 is 6.48. The minimum Gasteiger partial charge on any atom is -0.466 e. The van der Waals surface area contributed by atoms with E-state index in [0.29, 0.717) is 38.4 Å². The molecule has 0 radical (unpaired) electrons. The molecule has 0 spiro atoms. The number of nitrogens with zero attached hydrogens (tertiary/aromatic N) is 4. The standard InChI is InChI=1S/C21H35N5O4/c1-6-30-18(27)11-8-7-9-12-22-20(29)26-14-10-13-25(26)19(28)16-15-17(21(2,3)4)23-24(16)5/h15H,6-14H2,1-5H3,(H,22,29). The van der Waals surface area contributed by atoms with E-state index in [1.165, 1.54) is 10.0 Å². The Morgan fingerprint density at radius 1 is 1.13 bits per heavy atom. The molecule has 1 aliphatic rings. The average molecular weight is 422 g/mol. The monoisotopic (exact) mass is 421 g/mol. The number of hydrogen-bond donors (Lipinski definition) is 1. The first-order valence-electron chi connectivity index (χ1n) is 10.7. The van der Waals surface area contributed by atoms with Crippen LogP contribution in [0, 0.1) is 0 Å². The number of aryl methyl sites for hydroxylation is 1. The molecule has 30 heavy (non-hydrogen) atoms. The number of carbonyl (C=O) groups is 3. The second-order valence-electron chi connectivity index (χ2n) is 8.54. The third-order valence-corrected chi connectivity index (χ3v) is 5.01. The zero-order valence-corrected chi connectivity index (χ0v) is 18.9. The van der Waals surface area contributed by atoms with Crippen molar-refractivity contribution in [1.29, 1.82) is 0 Å². The molecule has 3 amide bonds. The van der Waals surface area contributed by atoms with Crippen molar-refractivity contribution in [2.75, 3.05) is 26.2 Å². The number of hydrazine groups is 1. The van der Waals surface area contributed by atoms with E-state index in [0.717, 1.165) is 31.4 Å². The molecule has 1 aromatic rings. The van der Waals surface area contributed by atoms with Crippen molar-refractivity contribution in [1.82, 2.24) is 25.1 Å². The van der Waals surface area contributed by atoms with Gasteiger partial charge >= 0.3 is 12.0 Å². The fourth-order valence-corrected chi connectivity index (χ4v) is 3.29. The quantitative estimate of drug-likeness (QED) is 0.514. The first-order valence-corrected chi connectivity index (χ1v) is 10.7. The van der Waals surface area contributed by atoms with Gasteiger partial charge in [0.05, 0.1) is 12.3 Å². The summed E-state index contributed by atoms with van der Waals surface area (Å²) in [5, 5.41) is 10.3. The van der Waals surface area contributed by atoms with Gasteiger partial charge in [-0.05, 0) is 32.3 Å². The van der Waals surface area contributed by atoms with Gasteiger partial charge in [-0.25, -0.2) is 14.8 Å². The zero-order chi connectivity index (χ0) is 22.3. The Balaban J connectivity index is 1.85. The van der Waals surface area contributed by atoms with Gasteiger partial charge in [-0.2, -0.15) is 5.10 Å². The highest BCUT2D eigenvalue weighted by Crippen LogP contribution is 2.23. The second-order valence-corrected chi connectivity index (χ2v) is 8.54. The van der Waals surface area contributed by atoms with E-state index in [9.17, 15) is 14.4 Å². The SMILES string of the molecule is CCOC(=O)CCCCCNC(=O)N1CCCN1C(=O)c1cc(C(C)(C)C)nn1C. The van der Waals surface area contributed by atoms with Crippen LogP contribution in [0.25, 0.3) is 0 Å². The number of aromatic nitrogens is 2. The number of esters is 1. The van der Waals surface area contributed by atoms with E-state index in [1.54, 1.807) is 24.7 Å². The number of ether oxygens (including phenoxy) is 1. The molecule has 1 aromatic heterocycles. The Kier molecular flexibility index (Phi) is 8.25. The summed E-state index contributed by atoms with van der Waals surface area (Å²) in [5.74, 6) is -0.403. The molecule has 2 rings (SSSR count). The Hall–Kier alpha value is -2.58. The highest BCUT2D eigenvalue weighted by Gasteiger charge is 2.33. The number of nitrogens with one attached hydrogen (secondary N) is 1. The molecule has 0 bridgehead atoms. The molecule has 9 heteroatoms. The number of hydrogen-bond acceptors (Lipinski definition) is 5. The predicted molar refractivity (Wildman–Crippen MR) is 113 cm³/mol. The van der Waals surface area contributed by atoms with E-state index < -0.39 is 0 Å². The Morgan fingerprint density at radius 2 is 1.83 bits per heavy atom. The zero-order valence-electron chi connectivity index (χ0n) is 18.9. The van der Waals surface area contributed by atoms with Crippen LogP contribution in [0.1, 0.15) is 76.0 Å². The molecule has 168 valence electrons. The Labute approximate surface area is 178 Å². The van der Waals surface area contributed by atoms with Crippen LogP contribution >= 0.6 is 0 Å². The van der Waals surface area contributed by atoms with Crippen LogP contribution in [-0.2, 0) is 22.0 Å². The topological polar surface area (TPSA) is 96.8 Å². The molecule has 0 aliphatic carbocycles. The summed E-state index contributed by atoms with van der Waals surface area (Å²) in [6, 6.07) is 1.53. The number of rotatable bonds is 8. The van der Waals surface area contributed by atoms with Crippen LogP contribution < -0.4 is 5.32 Å². The predicted octanol–water partition coefficient (Wildman–Crippen LogP) is 2.61. The lowest BCUT2D eigenvalue weighted by Gasteiger charge is -2.27. The van der Waals surface area contributed by atoms with Gasteiger partial charge in [-0.15, -0.1) is 0 Å². The number of urea groups is 1. The van der Waals surface area contributed by atoms with Gasteiger partial charge in [-0.1, -0.05) is 27.2 Å². The molecule has 0 atom stereocenters. The normalized spacial score (nSPS) is 14.2. The van der Waals surface area contributed by atoms with Crippen molar-refractivity contribution in [3.05, 3.63) is 17.5 Å². The summed E-state index contributed by atoms with van der Waals surface area (Å²) in [5.41, 5.74) is 1.15. The van der Waals surface area contributed by atoms with Gasteiger partial charge in [-0.3, -0.25) is 14.3 Å². The van der Waals surface area contributed by atoms with Gasteiger partial charge < -0.3 is 10.1 Å². The van der Waals surface area contributed by atoms with Crippen LogP contribution in [-0.4, -0.2) is 63.9 Å². The number of amides is 3. The van der Waals surface area contributed by atoms with Gasteiger partial charge in [0.15, 0.2) is 0 Å². The lowest BCUT2D eigenvalue weighted by atomic mass is 9.92. The van der Waals surface area contributed by atoms with Gasteiger partial charge in [0, 0.05) is 38.5 Å². The molecule has 0 unspecified atom stereocenters. The van der Waals surface area contributed by atoms with Crippen LogP contribution in [0.3, 0.4) is 0 Å². The fourth-order valence-electron chi connectivity index (χ4n) is 3.29. The summed E-state index contributed by atoms with van der Waals surface area (Å²) in [6.45, 7) is 9.84. The lowest BCUT2D eigenvalue weighted by Crippen LogP contribution is -2.49. The third kappa shape index (κ3) is 6.21. The molecule has 1 saturated heterocycles. The average Bonchev–Trinajstić information content (AvgIpc) is 3.30. The molecular weight excluding hydrogens is 386 g/mol. The lowest BCUT2D eigenvalue weighted by molar-refractivity contribution is -0.143. The van der Waals surface area contributed by atoms with E-state index in [4.69, 9.17) is 4.74 Å². The summed E-state index contributed by atoms with van der Waals surface area (Å²) in [6.07, 6.45) is 3.47. The summed E-state index contributed by atoms with van der Waals surface area (Å²) >= 11 is 0. The first-order chi connectivity index (χ1) is 14.1. The largest absolute Gasteiger partial charge is 0.466 e. The molecule has 2 heterocycles. The van der Waals surface area contributed by atoms with Crippen molar-refractivity contribution in [3.63, 3.8) is 0 Å². The van der Waals surface area contributed by atoms with Crippen LogP contribution in [0.5, 0.6) is 0 Å². The minimum absolute atomic E-state index is 0.161. The maximum Gasteiger partial charge on any atom is 0.336 e. The molecule has 0 aromatic carbocycles. The molecule has 1 N–H and O–H groups in total. The summed E-state index contributed by atoms with van der Waals surface area (Å²) in [7, 11) is 1.75. The highest BCUT2D eigenvalue weighted by molar-refractivity contribution is 5.94. The third-order valence-electron chi connectivity index (χ3n) is 5.01. The van der Waals surface area contributed by atoms with Crippen LogP contribution in [0.2, 0.25) is 0 Å². The van der Waals surface area contributed by atoms with Crippen LogP contribution in [0.4, 0.5) is 4.79 Å². The Morgan fingerprint density at radius 3 is 2.47 bits per heavy atom. The molecule has 1 aliphatic heterocycles. The van der Waals surface area contributed by atoms with Crippen molar-refractivity contribution in [3.8, 4) is 0 Å². The van der Waals surface area contributed by atoms with E-state index in [2.05, 4.69) is 10.4 Å². The maximum absolute atomic E-state index is 13.1. The van der Waals surface area contributed by atoms with Crippen molar-refractivity contribution in [2.24, 2.45) is 7.05 Å². The van der Waals surface area contributed by atoms with Crippen molar-refractivity contribution in [2.45, 2.75) is 65.2 Å². The van der Waals surface area contributed by atoms with E-state index in [1.807, 2.05) is 20.8 Å². The fraction of sp³-hybridized carbons (Fsp3) is 0.714. The summed E-state index contributed by atoms with van der Waals surface area (Å²) in [4.78, 5) is 37.0. The maximum atomic E-state index is 13.1. The van der Waals surface area contributed by atoms with E-state index in [-0.39, 0.29) is 23.3 Å². The Bertz CT molecular complexity index is 753. The molecule has 0 saturated carbocycles. The molecular formula is C21H35N5O4. The highest BCUT2D eigenvalue weighted by atomic mass is 16.5. The number of unbranched alkanes of at least 4 members (excludes halogenated alkanes) is 2.